The van der Waals surface area contributed by atoms with Gasteiger partial charge in [0.05, 0.1) is 16.1 Å². The van der Waals surface area contributed by atoms with Crippen LogP contribution >= 0.6 is 0 Å². The summed E-state index contributed by atoms with van der Waals surface area (Å²) in [6.45, 7) is 9.17. The van der Waals surface area contributed by atoms with Crippen LogP contribution in [0.1, 0.15) is 5.56 Å². The average molecular weight is 344 g/mol. The molecule has 0 aromatic heterocycles. The quantitative estimate of drug-likeness (QED) is 0.557. The molecule has 0 bridgehead atoms. The van der Waals surface area contributed by atoms with E-state index in [1.54, 1.807) is 0 Å². The maximum Gasteiger partial charge on any atom is 0.422 e. The van der Waals surface area contributed by atoms with Crippen molar-refractivity contribution >= 4 is 26.5 Å². The lowest BCUT2D eigenvalue weighted by atomic mass is 10.2. The third kappa shape index (κ3) is 3.36. The molecule has 0 N–H and O–H groups in total. The minimum absolute atomic E-state index is 0.575. The molecule has 0 saturated carbocycles. The van der Waals surface area contributed by atoms with Gasteiger partial charge in [0, 0.05) is 10.4 Å². The highest BCUT2D eigenvalue weighted by Crippen LogP contribution is 2.34. The number of rotatable bonds is 2. The molecule has 21 heavy (non-hydrogen) atoms. The van der Waals surface area contributed by atoms with E-state index in [0.29, 0.717) is 0 Å². The topological polar surface area (TPSA) is 0 Å². The first-order valence-electron chi connectivity index (χ1n) is 6.38. The van der Waals surface area contributed by atoms with Crippen molar-refractivity contribution < 1.29 is 26.3 Å². The summed E-state index contributed by atoms with van der Waals surface area (Å²) in [4.78, 5) is 0. The summed E-state index contributed by atoms with van der Waals surface area (Å²) in [5.74, 6) is -4.71. The van der Waals surface area contributed by atoms with Gasteiger partial charge in [0.1, 0.15) is 23.0 Å². The summed E-state index contributed by atoms with van der Waals surface area (Å²) >= 11 is 0. The zero-order valence-corrected chi connectivity index (χ0v) is 14.8. The Morgan fingerprint density at radius 3 is 1.10 bits per heavy atom. The molecular formula is C13H18F6Si2. The summed E-state index contributed by atoms with van der Waals surface area (Å²) in [5, 5.41) is -1.15. The zero-order chi connectivity index (χ0) is 17.0. The molecule has 120 valence electrons. The summed E-state index contributed by atoms with van der Waals surface area (Å²) in [5.41, 5.74) is -1.96. The molecule has 0 nitrogen and oxygen atoms in total. The Labute approximate surface area is 122 Å². The Morgan fingerprint density at radius 1 is 0.619 bits per heavy atom. The Bertz CT molecular complexity index is 462. The first-order valence-corrected chi connectivity index (χ1v) is 13.4. The van der Waals surface area contributed by atoms with Gasteiger partial charge in [-0.05, 0) is 0 Å². The highest BCUT2D eigenvalue weighted by molar-refractivity contribution is 6.91. The van der Waals surface area contributed by atoms with Crippen molar-refractivity contribution in [3.63, 3.8) is 0 Å². The number of benzene rings is 1. The van der Waals surface area contributed by atoms with Crippen LogP contribution in [0.5, 0.6) is 0 Å². The van der Waals surface area contributed by atoms with Crippen molar-refractivity contribution in [2.75, 3.05) is 0 Å². The molecule has 0 saturated heterocycles. The molecule has 8 heteroatoms. The molecule has 0 radical (unpaired) electrons. The fraction of sp³-hybridized carbons (Fsp3) is 0.538. The van der Waals surface area contributed by atoms with Crippen molar-refractivity contribution in [1.29, 1.82) is 0 Å². The van der Waals surface area contributed by atoms with Gasteiger partial charge in [-0.25, -0.2) is 13.2 Å². The van der Waals surface area contributed by atoms with Crippen LogP contribution in [-0.4, -0.2) is 16.1 Å². The zero-order valence-electron chi connectivity index (χ0n) is 12.8. The van der Waals surface area contributed by atoms with Gasteiger partial charge >= 0.3 is 6.18 Å². The third-order valence-electron chi connectivity index (χ3n) is 3.10. The van der Waals surface area contributed by atoms with E-state index in [9.17, 15) is 26.3 Å². The third-order valence-corrected chi connectivity index (χ3v) is 6.98. The smallest absolute Gasteiger partial charge is 0.207 e. The van der Waals surface area contributed by atoms with Crippen molar-refractivity contribution in [2.45, 2.75) is 45.5 Å². The molecule has 0 aliphatic rings. The largest absolute Gasteiger partial charge is 0.422 e. The van der Waals surface area contributed by atoms with Crippen LogP contribution in [0.2, 0.25) is 39.3 Å². The van der Waals surface area contributed by atoms with Crippen molar-refractivity contribution in [1.82, 2.24) is 0 Å². The van der Waals surface area contributed by atoms with Crippen LogP contribution < -0.4 is 10.4 Å². The van der Waals surface area contributed by atoms with Gasteiger partial charge in [-0.3, -0.25) is 0 Å². The summed E-state index contributed by atoms with van der Waals surface area (Å²) in [7, 11) is -5.52. The van der Waals surface area contributed by atoms with E-state index in [1.807, 2.05) is 0 Å². The predicted octanol–water partition coefficient (Wildman–Crippen LogP) is 4.21. The van der Waals surface area contributed by atoms with Crippen molar-refractivity contribution in [2.24, 2.45) is 0 Å². The van der Waals surface area contributed by atoms with E-state index in [2.05, 4.69) is 0 Å². The molecule has 0 aliphatic heterocycles. The predicted molar refractivity (Wildman–Crippen MR) is 77.3 cm³/mol. The van der Waals surface area contributed by atoms with E-state index >= 15 is 0 Å². The molecule has 0 fully saturated rings. The highest BCUT2D eigenvalue weighted by Gasteiger charge is 2.45. The fourth-order valence-corrected chi connectivity index (χ4v) is 5.49. The maximum atomic E-state index is 14.6. The van der Waals surface area contributed by atoms with Crippen LogP contribution in [0.3, 0.4) is 0 Å². The van der Waals surface area contributed by atoms with Gasteiger partial charge in [0.15, 0.2) is 0 Å². The minimum Gasteiger partial charge on any atom is -0.207 e. The molecule has 0 spiro atoms. The van der Waals surface area contributed by atoms with Crippen LogP contribution in [0.4, 0.5) is 26.3 Å². The Morgan fingerprint density at radius 2 is 0.905 bits per heavy atom. The average Bonchev–Trinajstić information content (AvgIpc) is 2.07. The monoisotopic (exact) mass is 344 g/mol. The van der Waals surface area contributed by atoms with E-state index < -0.39 is 55.7 Å². The first-order chi connectivity index (χ1) is 9.10. The van der Waals surface area contributed by atoms with Crippen LogP contribution in [0, 0.1) is 17.5 Å². The molecule has 1 aromatic rings. The van der Waals surface area contributed by atoms with Gasteiger partial charge < -0.3 is 0 Å². The number of hydrogen-bond donors (Lipinski definition) is 0. The van der Waals surface area contributed by atoms with E-state index in [-0.39, 0.29) is 0 Å². The summed E-state index contributed by atoms with van der Waals surface area (Å²) in [6.07, 6.45) is -5.19. The minimum atomic E-state index is -5.19. The SMILES string of the molecule is C[Si](C)(C)c1c(F)c(C(F)(F)F)c(F)c([Si](C)(C)C)c1F. The maximum absolute atomic E-state index is 14.6. The lowest BCUT2D eigenvalue weighted by Gasteiger charge is -2.27. The fourth-order valence-electron chi connectivity index (χ4n) is 2.23. The van der Waals surface area contributed by atoms with Crippen LogP contribution in [0.15, 0.2) is 0 Å². The molecular weight excluding hydrogens is 326 g/mol. The molecule has 0 aliphatic carbocycles. The standard InChI is InChI=1S/C13H18F6Si2/c1-20(2,3)11-8(14)7(13(17,18)19)9(15)12(10(11)16)21(4,5)6/h1-6H3. The van der Waals surface area contributed by atoms with Crippen molar-refractivity contribution in [3.8, 4) is 0 Å². The molecule has 1 rings (SSSR count). The number of alkyl halides is 3. The second kappa shape index (κ2) is 5.15. The van der Waals surface area contributed by atoms with Crippen molar-refractivity contribution in [3.05, 3.63) is 23.0 Å². The Balaban J connectivity index is 4.04. The molecule has 0 atom stereocenters. The summed E-state index contributed by atoms with van der Waals surface area (Å²) in [6, 6.07) is 0. The van der Waals surface area contributed by atoms with E-state index in [1.165, 1.54) is 39.3 Å². The van der Waals surface area contributed by atoms with Gasteiger partial charge in [-0.2, -0.15) is 13.2 Å². The van der Waals surface area contributed by atoms with Gasteiger partial charge in [-0.1, -0.05) is 39.3 Å². The summed E-state index contributed by atoms with van der Waals surface area (Å²) < 4.78 is 82.0. The Hall–Kier alpha value is -0.766. The number of hydrogen-bond acceptors (Lipinski definition) is 0. The lowest BCUT2D eigenvalue weighted by Crippen LogP contribution is -2.53. The highest BCUT2D eigenvalue weighted by atomic mass is 28.3. The van der Waals surface area contributed by atoms with Gasteiger partial charge in [-0.15, -0.1) is 0 Å². The molecule has 0 unspecified atom stereocenters. The second-order valence-electron chi connectivity index (χ2n) is 7.06. The van der Waals surface area contributed by atoms with Gasteiger partial charge in [0.2, 0.25) is 0 Å². The first kappa shape index (κ1) is 18.3. The lowest BCUT2D eigenvalue weighted by molar-refractivity contribution is -0.142. The normalized spacial score (nSPS) is 13.7. The second-order valence-corrected chi connectivity index (χ2v) is 17.1. The van der Waals surface area contributed by atoms with E-state index in [0.717, 1.165) is 0 Å². The van der Waals surface area contributed by atoms with Gasteiger partial charge in [0.25, 0.3) is 0 Å². The van der Waals surface area contributed by atoms with Crippen LogP contribution in [0.25, 0.3) is 0 Å². The number of halogens is 6. The molecule has 0 amide bonds. The van der Waals surface area contributed by atoms with E-state index in [4.69, 9.17) is 0 Å². The Kier molecular flexibility index (Phi) is 4.48. The molecule has 0 heterocycles. The molecule has 1 aromatic carbocycles. The van der Waals surface area contributed by atoms with Crippen LogP contribution in [-0.2, 0) is 6.18 Å².